The minimum Gasteiger partial charge on any atom is -0.469 e. The summed E-state index contributed by atoms with van der Waals surface area (Å²) in [7, 11) is 3.35. The Labute approximate surface area is 113 Å². The lowest BCUT2D eigenvalue weighted by Gasteiger charge is -2.21. The fourth-order valence-corrected chi connectivity index (χ4v) is 1.87. The van der Waals surface area contributed by atoms with Crippen LogP contribution in [0.1, 0.15) is 18.4 Å². The number of carbonyl (C=O) groups is 1. The van der Waals surface area contributed by atoms with E-state index in [2.05, 4.69) is 4.74 Å². The van der Waals surface area contributed by atoms with Gasteiger partial charge in [0.2, 0.25) is 0 Å². The lowest BCUT2D eigenvalue weighted by Crippen LogP contribution is -2.23. The molecule has 1 aromatic carbocycles. The van der Waals surface area contributed by atoms with E-state index in [0.717, 1.165) is 24.2 Å². The molecule has 0 saturated heterocycles. The lowest BCUT2D eigenvalue weighted by molar-refractivity contribution is -0.140. The maximum absolute atomic E-state index is 11.0. The van der Waals surface area contributed by atoms with Crippen molar-refractivity contribution >= 4 is 28.9 Å². The maximum Gasteiger partial charge on any atom is 0.305 e. The van der Waals surface area contributed by atoms with E-state index >= 15 is 0 Å². The van der Waals surface area contributed by atoms with Gasteiger partial charge in [0.25, 0.3) is 0 Å². The van der Waals surface area contributed by atoms with Crippen LogP contribution in [0, 0.1) is 0 Å². The van der Waals surface area contributed by atoms with Crippen molar-refractivity contribution in [1.29, 1.82) is 0 Å². The van der Waals surface area contributed by atoms with Crippen LogP contribution in [0.25, 0.3) is 0 Å². The number of nitrogens with zero attached hydrogens (tertiary/aromatic N) is 1. The fourth-order valence-electron chi connectivity index (χ4n) is 1.70. The summed E-state index contributed by atoms with van der Waals surface area (Å²) in [4.78, 5) is 13.4. The van der Waals surface area contributed by atoms with Gasteiger partial charge in [-0.3, -0.25) is 4.79 Å². The summed E-state index contributed by atoms with van der Waals surface area (Å²) in [5, 5.41) is 0. The SMILES string of the molecule is COC(=O)CCCN(C)c1ccccc1C(N)=S. The van der Waals surface area contributed by atoms with Crippen LogP contribution in [0.3, 0.4) is 0 Å². The second kappa shape index (κ2) is 6.96. The van der Waals surface area contributed by atoms with E-state index in [1.807, 2.05) is 36.2 Å². The van der Waals surface area contributed by atoms with Crippen LogP contribution < -0.4 is 10.6 Å². The van der Waals surface area contributed by atoms with E-state index < -0.39 is 0 Å². The molecule has 4 nitrogen and oxygen atoms in total. The number of anilines is 1. The molecule has 2 N–H and O–H groups in total. The molecule has 0 amide bonds. The van der Waals surface area contributed by atoms with Gasteiger partial charge in [0.1, 0.15) is 4.99 Å². The zero-order valence-electron chi connectivity index (χ0n) is 10.7. The van der Waals surface area contributed by atoms with Gasteiger partial charge in [0.15, 0.2) is 0 Å². The highest BCUT2D eigenvalue weighted by molar-refractivity contribution is 7.80. The van der Waals surface area contributed by atoms with Gasteiger partial charge in [-0.2, -0.15) is 0 Å². The molecule has 1 rings (SSSR count). The van der Waals surface area contributed by atoms with Crippen LogP contribution in [-0.2, 0) is 9.53 Å². The van der Waals surface area contributed by atoms with E-state index in [9.17, 15) is 4.79 Å². The van der Waals surface area contributed by atoms with Crippen molar-refractivity contribution in [2.45, 2.75) is 12.8 Å². The van der Waals surface area contributed by atoms with Gasteiger partial charge in [-0.15, -0.1) is 0 Å². The zero-order valence-corrected chi connectivity index (χ0v) is 11.5. The van der Waals surface area contributed by atoms with Crippen molar-refractivity contribution in [3.8, 4) is 0 Å². The van der Waals surface area contributed by atoms with Crippen molar-refractivity contribution in [2.24, 2.45) is 5.73 Å². The number of para-hydroxylation sites is 1. The van der Waals surface area contributed by atoms with Crippen molar-refractivity contribution in [3.05, 3.63) is 29.8 Å². The number of benzene rings is 1. The largest absolute Gasteiger partial charge is 0.469 e. The number of nitrogens with two attached hydrogens (primary N) is 1. The maximum atomic E-state index is 11.0. The molecule has 0 saturated carbocycles. The molecule has 1 aromatic rings. The number of hydrogen-bond donors (Lipinski definition) is 1. The minimum absolute atomic E-state index is 0.189. The van der Waals surface area contributed by atoms with Gasteiger partial charge < -0.3 is 15.4 Å². The van der Waals surface area contributed by atoms with Gasteiger partial charge in [0.05, 0.1) is 7.11 Å². The predicted octanol–water partition coefficient (Wildman–Crippen LogP) is 1.71. The molecule has 0 atom stereocenters. The normalized spacial score (nSPS) is 9.89. The topological polar surface area (TPSA) is 55.6 Å². The zero-order chi connectivity index (χ0) is 13.5. The number of carbonyl (C=O) groups excluding carboxylic acids is 1. The summed E-state index contributed by atoms with van der Waals surface area (Å²) in [5.74, 6) is -0.189. The highest BCUT2D eigenvalue weighted by Gasteiger charge is 2.09. The van der Waals surface area contributed by atoms with Crippen LogP contribution in [0.15, 0.2) is 24.3 Å². The average Bonchev–Trinajstić information content (AvgIpc) is 2.38. The van der Waals surface area contributed by atoms with Crippen molar-refractivity contribution in [1.82, 2.24) is 0 Å². The number of thiocarbonyl (C=S) groups is 1. The Kier molecular flexibility index (Phi) is 5.58. The smallest absolute Gasteiger partial charge is 0.305 e. The molecule has 0 fully saturated rings. The summed E-state index contributed by atoms with van der Waals surface area (Å²) in [6.07, 6.45) is 1.14. The Morgan fingerprint density at radius 2 is 2.11 bits per heavy atom. The molecule has 5 heteroatoms. The highest BCUT2D eigenvalue weighted by Crippen LogP contribution is 2.19. The molecule has 0 radical (unpaired) electrons. The first kappa shape index (κ1) is 14.4. The van der Waals surface area contributed by atoms with E-state index in [1.54, 1.807) is 0 Å². The third-order valence-corrected chi connectivity index (χ3v) is 2.90. The predicted molar refractivity (Wildman–Crippen MR) is 76.8 cm³/mol. The summed E-state index contributed by atoms with van der Waals surface area (Å²) in [5.41, 5.74) is 7.52. The van der Waals surface area contributed by atoms with Crippen molar-refractivity contribution in [3.63, 3.8) is 0 Å². The Morgan fingerprint density at radius 1 is 1.44 bits per heavy atom. The van der Waals surface area contributed by atoms with Gasteiger partial charge in [0, 0.05) is 31.3 Å². The Hall–Kier alpha value is -1.62. The highest BCUT2D eigenvalue weighted by atomic mass is 32.1. The molecule has 0 bridgehead atoms. The van der Waals surface area contributed by atoms with E-state index in [-0.39, 0.29) is 5.97 Å². The van der Waals surface area contributed by atoms with Crippen LogP contribution in [0.2, 0.25) is 0 Å². The third-order valence-electron chi connectivity index (χ3n) is 2.68. The summed E-state index contributed by atoms with van der Waals surface area (Å²) in [6.45, 7) is 0.745. The van der Waals surface area contributed by atoms with E-state index in [1.165, 1.54) is 7.11 Å². The minimum atomic E-state index is -0.189. The third kappa shape index (κ3) is 4.00. The quantitative estimate of drug-likeness (QED) is 0.627. The number of rotatable bonds is 6. The van der Waals surface area contributed by atoms with Gasteiger partial charge >= 0.3 is 5.97 Å². The fraction of sp³-hybridized carbons (Fsp3) is 0.385. The first-order valence-electron chi connectivity index (χ1n) is 5.73. The molecule has 0 aliphatic carbocycles. The first-order valence-corrected chi connectivity index (χ1v) is 6.14. The van der Waals surface area contributed by atoms with Crippen LogP contribution in [0.5, 0.6) is 0 Å². The van der Waals surface area contributed by atoms with Gasteiger partial charge in [-0.05, 0) is 18.6 Å². The molecule has 98 valence electrons. The molecule has 0 aromatic heterocycles. The van der Waals surface area contributed by atoms with Crippen molar-refractivity contribution in [2.75, 3.05) is 25.6 Å². The summed E-state index contributed by atoms with van der Waals surface area (Å²) < 4.78 is 4.60. The molecule has 0 heterocycles. The molecule has 0 aliphatic rings. The summed E-state index contributed by atoms with van der Waals surface area (Å²) >= 11 is 5.02. The molecular weight excluding hydrogens is 248 g/mol. The lowest BCUT2D eigenvalue weighted by atomic mass is 10.1. The van der Waals surface area contributed by atoms with E-state index in [0.29, 0.717) is 11.4 Å². The first-order chi connectivity index (χ1) is 8.56. The van der Waals surface area contributed by atoms with Gasteiger partial charge in [-0.25, -0.2) is 0 Å². The summed E-state index contributed by atoms with van der Waals surface area (Å²) in [6, 6.07) is 7.70. The average molecular weight is 266 g/mol. The Bertz CT molecular complexity index is 435. The second-order valence-electron chi connectivity index (χ2n) is 3.98. The standard InChI is InChI=1S/C13H18N2O2S/c1-15(9-5-8-12(16)17-2)11-7-4-3-6-10(11)13(14)18/h3-4,6-7H,5,8-9H2,1-2H3,(H2,14,18). The molecule has 0 unspecified atom stereocenters. The molecule has 18 heavy (non-hydrogen) atoms. The van der Waals surface area contributed by atoms with Gasteiger partial charge in [-0.1, -0.05) is 24.4 Å². The number of esters is 1. The second-order valence-corrected chi connectivity index (χ2v) is 4.42. The van der Waals surface area contributed by atoms with Crippen molar-refractivity contribution < 1.29 is 9.53 Å². The van der Waals surface area contributed by atoms with Crippen LogP contribution in [-0.4, -0.2) is 31.7 Å². The molecular formula is C13H18N2O2S. The van der Waals surface area contributed by atoms with E-state index in [4.69, 9.17) is 18.0 Å². The Morgan fingerprint density at radius 3 is 2.72 bits per heavy atom. The monoisotopic (exact) mass is 266 g/mol. The van der Waals surface area contributed by atoms with Crippen LogP contribution in [0.4, 0.5) is 5.69 Å². The molecule has 0 aliphatic heterocycles. The van der Waals surface area contributed by atoms with Crippen LogP contribution >= 0.6 is 12.2 Å². The number of hydrogen-bond acceptors (Lipinski definition) is 4. The number of methoxy groups -OCH3 is 1. The number of ether oxygens (including phenoxy) is 1. The molecule has 0 spiro atoms. The Balaban J connectivity index is 2.64.